The van der Waals surface area contributed by atoms with Crippen LogP contribution in [0.2, 0.25) is 0 Å². The summed E-state index contributed by atoms with van der Waals surface area (Å²) in [5.41, 5.74) is 2.71. The SMILES string of the molecule is COc1cccc2c1CCN2S(=O)(=O)c1ccc(C)cc1. The first-order chi connectivity index (χ1) is 10.0. The fourth-order valence-electron chi connectivity index (χ4n) is 2.65. The highest BCUT2D eigenvalue weighted by Crippen LogP contribution is 2.37. The van der Waals surface area contributed by atoms with Crippen molar-refractivity contribution in [3.63, 3.8) is 0 Å². The highest BCUT2D eigenvalue weighted by molar-refractivity contribution is 7.92. The minimum atomic E-state index is -3.52. The molecule has 4 nitrogen and oxygen atoms in total. The van der Waals surface area contributed by atoms with Crippen molar-refractivity contribution in [3.8, 4) is 5.75 Å². The van der Waals surface area contributed by atoms with Crippen LogP contribution in [0.1, 0.15) is 11.1 Å². The average Bonchev–Trinajstić information content (AvgIpc) is 2.92. The molecule has 0 aliphatic carbocycles. The molecule has 0 unspecified atom stereocenters. The molecule has 2 aromatic carbocycles. The van der Waals surface area contributed by atoms with Crippen LogP contribution >= 0.6 is 0 Å². The van der Waals surface area contributed by atoms with Crippen molar-refractivity contribution in [2.45, 2.75) is 18.2 Å². The van der Waals surface area contributed by atoms with E-state index in [-0.39, 0.29) is 0 Å². The first kappa shape index (κ1) is 13.9. The van der Waals surface area contributed by atoms with Gasteiger partial charge in [-0.3, -0.25) is 4.31 Å². The van der Waals surface area contributed by atoms with Crippen LogP contribution in [0.15, 0.2) is 47.4 Å². The van der Waals surface area contributed by atoms with E-state index in [0.717, 1.165) is 22.6 Å². The molecule has 0 N–H and O–H groups in total. The van der Waals surface area contributed by atoms with Crippen molar-refractivity contribution in [2.75, 3.05) is 18.0 Å². The number of methoxy groups -OCH3 is 1. The Balaban J connectivity index is 2.06. The van der Waals surface area contributed by atoms with Gasteiger partial charge in [-0.15, -0.1) is 0 Å². The van der Waals surface area contributed by atoms with Crippen molar-refractivity contribution in [1.82, 2.24) is 0 Å². The standard InChI is InChI=1S/C16H17NO3S/c1-12-6-8-13(9-7-12)21(18,19)17-11-10-14-15(17)4-3-5-16(14)20-2/h3-9H,10-11H2,1-2H3. The van der Waals surface area contributed by atoms with Crippen LogP contribution in [0.25, 0.3) is 0 Å². The maximum Gasteiger partial charge on any atom is 0.264 e. The fraction of sp³-hybridized carbons (Fsp3) is 0.250. The average molecular weight is 303 g/mol. The van der Waals surface area contributed by atoms with E-state index in [1.54, 1.807) is 19.2 Å². The molecule has 1 aliphatic rings. The Kier molecular flexibility index (Phi) is 3.37. The van der Waals surface area contributed by atoms with Gasteiger partial charge in [0, 0.05) is 12.1 Å². The normalized spacial score (nSPS) is 14.1. The number of aryl methyl sites for hydroxylation is 1. The molecular formula is C16H17NO3S. The van der Waals surface area contributed by atoms with Gasteiger partial charge in [-0.2, -0.15) is 0 Å². The largest absolute Gasteiger partial charge is 0.496 e. The van der Waals surface area contributed by atoms with Gasteiger partial charge in [-0.1, -0.05) is 23.8 Å². The molecule has 0 saturated heterocycles. The zero-order valence-electron chi connectivity index (χ0n) is 12.0. The van der Waals surface area contributed by atoms with E-state index in [1.165, 1.54) is 4.31 Å². The molecule has 0 radical (unpaired) electrons. The van der Waals surface area contributed by atoms with E-state index in [4.69, 9.17) is 4.74 Å². The lowest BCUT2D eigenvalue weighted by atomic mass is 10.1. The lowest BCUT2D eigenvalue weighted by Crippen LogP contribution is -2.29. The molecule has 0 aromatic heterocycles. The third-order valence-corrected chi connectivity index (χ3v) is 5.60. The first-order valence-electron chi connectivity index (χ1n) is 6.79. The van der Waals surface area contributed by atoms with Gasteiger partial charge in [0.1, 0.15) is 5.75 Å². The van der Waals surface area contributed by atoms with Gasteiger partial charge in [0.2, 0.25) is 0 Å². The summed E-state index contributed by atoms with van der Waals surface area (Å²) in [6.07, 6.45) is 0.671. The summed E-state index contributed by atoms with van der Waals surface area (Å²) in [5, 5.41) is 0. The van der Waals surface area contributed by atoms with Crippen molar-refractivity contribution >= 4 is 15.7 Å². The molecule has 5 heteroatoms. The van der Waals surface area contributed by atoms with Crippen molar-refractivity contribution in [3.05, 3.63) is 53.6 Å². The van der Waals surface area contributed by atoms with Crippen LogP contribution in [0.4, 0.5) is 5.69 Å². The zero-order chi connectivity index (χ0) is 15.0. The Morgan fingerprint density at radius 2 is 1.81 bits per heavy atom. The minimum absolute atomic E-state index is 0.323. The number of hydrogen-bond acceptors (Lipinski definition) is 3. The minimum Gasteiger partial charge on any atom is -0.496 e. The number of ether oxygens (including phenoxy) is 1. The fourth-order valence-corrected chi connectivity index (χ4v) is 4.15. The van der Waals surface area contributed by atoms with Gasteiger partial charge < -0.3 is 4.74 Å². The predicted molar refractivity (Wildman–Crippen MR) is 82.4 cm³/mol. The maximum atomic E-state index is 12.8. The number of sulfonamides is 1. The van der Waals surface area contributed by atoms with Gasteiger partial charge >= 0.3 is 0 Å². The van der Waals surface area contributed by atoms with Crippen LogP contribution in [0.3, 0.4) is 0 Å². The van der Waals surface area contributed by atoms with Crippen molar-refractivity contribution in [1.29, 1.82) is 0 Å². The zero-order valence-corrected chi connectivity index (χ0v) is 12.9. The number of fused-ring (bicyclic) bond motifs is 1. The number of rotatable bonds is 3. The Morgan fingerprint density at radius 3 is 2.48 bits per heavy atom. The van der Waals surface area contributed by atoms with Gasteiger partial charge in [0.15, 0.2) is 0 Å². The number of benzene rings is 2. The number of anilines is 1. The molecule has 0 bridgehead atoms. The molecule has 1 heterocycles. The summed E-state index contributed by atoms with van der Waals surface area (Å²) in [5.74, 6) is 0.745. The molecule has 110 valence electrons. The molecule has 1 aliphatic heterocycles. The predicted octanol–water partition coefficient (Wildman–Crippen LogP) is 2.76. The lowest BCUT2D eigenvalue weighted by molar-refractivity contribution is 0.411. The molecular weight excluding hydrogens is 286 g/mol. The topological polar surface area (TPSA) is 46.6 Å². The van der Waals surface area contributed by atoms with Crippen molar-refractivity contribution < 1.29 is 13.2 Å². The van der Waals surface area contributed by atoms with E-state index in [1.807, 2.05) is 37.3 Å². The maximum absolute atomic E-state index is 12.8. The Morgan fingerprint density at radius 1 is 1.10 bits per heavy atom. The van der Waals surface area contributed by atoms with Crippen LogP contribution in [0.5, 0.6) is 5.75 Å². The van der Waals surface area contributed by atoms with Gasteiger partial charge in [0.25, 0.3) is 10.0 Å². The Labute approximate surface area is 125 Å². The van der Waals surface area contributed by atoms with Gasteiger partial charge in [-0.25, -0.2) is 8.42 Å². The summed E-state index contributed by atoms with van der Waals surface area (Å²) < 4.78 is 32.4. The van der Waals surface area contributed by atoms with E-state index >= 15 is 0 Å². The molecule has 0 amide bonds. The summed E-state index contributed by atoms with van der Waals surface area (Å²) in [6, 6.07) is 12.5. The van der Waals surface area contributed by atoms with E-state index < -0.39 is 10.0 Å². The highest BCUT2D eigenvalue weighted by atomic mass is 32.2. The summed E-state index contributed by atoms with van der Waals surface area (Å²) >= 11 is 0. The van der Waals surface area contributed by atoms with Crippen molar-refractivity contribution in [2.24, 2.45) is 0 Å². The van der Waals surface area contributed by atoms with Gasteiger partial charge in [-0.05, 0) is 37.6 Å². The highest BCUT2D eigenvalue weighted by Gasteiger charge is 2.32. The lowest BCUT2D eigenvalue weighted by Gasteiger charge is -2.20. The first-order valence-corrected chi connectivity index (χ1v) is 8.23. The Hall–Kier alpha value is -2.01. The summed E-state index contributed by atoms with van der Waals surface area (Å²) in [7, 11) is -1.91. The second kappa shape index (κ2) is 5.07. The molecule has 0 spiro atoms. The number of hydrogen-bond donors (Lipinski definition) is 0. The summed E-state index contributed by atoms with van der Waals surface area (Å²) in [4.78, 5) is 0.323. The summed E-state index contributed by atoms with van der Waals surface area (Å²) in [6.45, 7) is 2.39. The van der Waals surface area contributed by atoms with Crippen LogP contribution in [-0.4, -0.2) is 22.1 Å². The van der Waals surface area contributed by atoms with E-state index in [2.05, 4.69) is 0 Å². The third-order valence-electron chi connectivity index (χ3n) is 3.77. The molecule has 21 heavy (non-hydrogen) atoms. The second-order valence-corrected chi connectivity index (χ2v) is 6.96. The molecule has 2 aromatic rings. The monoisotopic (exact) mass is 303 g/mol. The molecule has 0 saturated carbocycles. The molecule has 0 atom stereocenters. The quantitative estimate of drug-likeness (QED) is 0.876. The van der Waals surface area contributed by atoms with Gasteiger partial charge in [0.05, 0.1) is 17.7 Å². The van der Waals surface area contributed by atoms with E-state index in [0.29, 0.717) is 17.9 Å². The molecule has 0 fully saturated rings. The Bertz CT molecular complexity index is 767. The smallest absolute Gasteiger partial charge is 0.264 e. The van der Waals surface area contributed by atoms with Crippen LogP contribution in [0, 0.1) is 6.92 Å². The number of nitrogens with zero attached hydrogens (tertiary/aromatic N) is 1. The van der Waals surface area contributed by atoms with Crippen LogP contribution < -0.4 is 9.04 Å². The second-order valence-electron chi connectivity index (χ2n) is 5.10. The third kappa shape index (κ3) is 2.27. The van der Waals surface area contributed by atoms with E-state index in [9.17, 15) is 8.42 Å². The van der Waals surface area contributed by atoms with Crippen LogP contribution in [-0.2, 0) is 16.4 Å². The molecule has 3 rings (SSSR count).